The lowest BCUT2D eigenvalue weighted by Gasteiger charge is -2.43. The molecule has 1 saturated carbocycles. The predicted octanol–water partition coefficient (Wildman–Crippen LogP) is 2.83. The van der Waals surface area contributed by atoms with Crippen molar-refractivity contribution in [1.82, 2.24) is 16.0 Å². The largest absolute Gasteiger partial charge is 0.350 e. The molecule has 1 saturated heterocycles. The molecule has 2 aliphatic rings. The fourth-order valence-corrected chi connectivity index (χ4v) is 4.09. The summed E-state index contributed by atoms with van der Waals surface area (Å²) in [6.07, 6.45) is 14.2. The Hall–Kier alpha value is -2.73. The number of carbonyl (C=O) groups excluding carboxylic acids is 2. The van der Waals surface area contributed by atoms with E-state index in [-0.39, 0.29) is 24.2 Å². The molecular formula is C24H34N4O2. The Balaban J connectivity index is 1.91. The van der Waals surface area contributed by atoms with E-state index in [4.69, 9.17) is 0 Å². The third-order valence-corrected chi connectivity index (χ3v) is 5.74. The molecule has 0 radical (unpaired) electrons. The van der Waals surface area contributed by atoms with Crippen LogP contribution in [-0.2, 0) is 9.59 Å². The highest BCUT2D eigenvalue weighted by atomic mass is 16.2. The van der Waals surface area contributed by atoms with Crippen LogP contribution in [0.3, 0.4) is 0 Å². The highest BCUT2D eigenvalue weighted by Crippen LogP contribution is 2.37. The van der Waals surface area contributed by atoms with Gasteiger partial charge in [0.1, 0.15) is 0 Å². The van der Waals surface area contributed by atoms with E-state index in [0.717, 1.165) is 19.3 Å². The van der Waals surface area contributed by atoms with Crippen molar-refractivity contribution in [2.24, 2.45) is 16.8 Å². The lowest BCUT2D eigenvalue weighted by atomic mass is 9.87. The number of nitrogens with one attached hydrogen (secondary N) is 3. The van der Waals surface area contributed by atoms with E-state index in [1.54, 1.807) is 18.2 Å². The number of carbonyl (C=O) groups is 2. The van der Waals surface area contributed by atoms with E-state index in [2.05, 4.69) is 46.9 Å². The summed E-state index contributed by atoms with van der Waals surface area (Å²) in [4.78, 5) is 29.2. The molecule has 1 heterocycles. The first kappa shape index (κ1) is 23.5. The molecule has 0 aromatic carbocycles. The Morgan fingerprint density at radius 3 is 2.43 bits per heavy atom. The van der Waals surface area contributed by atoms with Crippen molar-refractivity contribution < 1.29 is 9.59 Å². The number of rotatable bonds is 11. The Kier molecular flexibility index (Phi) is 8.99. The van der Waals surface area contributed by atoms with Crippen LogP contribution in [0, 0.1) is 11.8 Å². The minimum Gasteiger partial charge on any atom is -0.350 e. The van der Waals surface area contributed by atoms with E-state index in [9.17, 15) is 9.59 Å². The van der Waals surface area contributed by atoms with E-state index >= 15 is 0 Å². The lowest BCUT2D eigenvalue weighted by molar-refractivity contribution is -0.129. The van der Waals surface area contributed by atoms with Gasteiger partial charge in [0.25, 0.3) is 0 Å². The third kappa shape index (κ3) is 6.39. The normalized spacial score (nSPS) is 23.5. The summed E-state index contributed by atoms with van der Waals surface area (Å²) in [5.74, 6) is 0.269. The minimum absolute atomic E-state index is 0.0268. The van der Waals surface area contributed by atoms with Gasteiger partial charge in [-0.1, -0.05) is 43.5 Å². The smallest absolute Gasteiger partial charge is 0.223 e. The maximum Gasteiger partial charge on any atom is 0.223 e. The molecule has 2 rings (SSSR count). The zero-order valence-corrected chi connectivity index (χ0v) is 18.0. The van der Waals surface area contributed by atoms with Gasteiger partial charge in [-0.2, -0.15) is 0 Å². The predicted molar refractivity (Wildman–Crippen MR) is 123 cm³/mol. The zero-order chi connectivity index (χ0) is 22.0. The highest BCUT2D eigenvalue weighted by molar-refractivity contribution is 5.83. The van der Waals surface area contributed by atoms with Gasteiger partial charge in [-0.3, -0.25) is 14.6 Å². The average Bonchev–Trinajstić information content (AvgIpc) is 3.19. The number of nitrogens with zero attached hydrogens (tertiary/aromatic N) is 1. The first-order chi connectivity index (χ1) is 14.5. The second-order valence-electron chi connectivity index (χ2n) is 7.99. The molecule has 2 atom stereocenters. The van der Waals surface area contributed by atoms with Gasteiger partial charge in [0.05, 0.1) is 24.2 Å². The van der Waals surface area contributed by atoms with Crippen LogP contribution < -0.4 is 16.0 Å². The average molecular weight is 411 g/mol. The van der Waals surface area contributed by atoms with Crippen LogP contribution in [0.25, 0.3) is 0 Å². The molecule has 1 aliphatic carbocycles. The van der Waals surface area contributed by atoms with Gasteiger partial charge < -0.3 is 16.0 Å². The molecule has 0 aromatic rings. The van der Waals surface area contributed by atoms with Crippen LogP contribution in [0.15, 0.2) is 65.9 Å². The first-order valence-corrected chi connectivity index (χ1v) is 10.5. The number of hydrogen-bond donors (Lipinski definition) is 3. The zero-order valence-electron chi connectivity index (χ0n) is 18.0. The number of allylic oxidation sites excluding steroid dienone is 7. The van der Waals surface area contributed by atoms with Crippen molar-refractivity contribution in [3.63, 3.8) is 0 Å². The van der Waals surface area contributed by atoms with Gasteiger partial charge in [0.2, 0.25) is 11.8 Å². The summed E-state index contributed by atoms with van der Waals surface area (Å²) in [6, 6.07) is 0. The molecule has 162 valence electrons. The van der Waals surface area contributed by atoms with Gasteiger partial charge in [-0.15, -0.1) is 0 Å². The molecule has 6 nitrogen and oxygen atoms in total. The van der Waals surface area contributed by atoms with Crippen LogP contribution in [0.1, 0.15) is 32.6 Å². The molecule has 0 bridgehead atoms. The lowest BCUT2D eigenvalue weighted by Crippen LogP contribution is -2.70. The topological polar surface area (TPSA) is 82.6 Å². The number of amides is 2. The summed E-state index contributed by atoms with van der Waals surface area (Å²) in [5.41, 5.74) is 1.35. The molecule has 6 heteroatoms. The maximum absolute atomic E-state index is 12.9. The second-order valence-corrected chi connectivity index (χ2v) is 7.99. The first-order valence-electron chi connectivity index (χ1n) is 10.5. The summed E-state index contributed by atoms with van der Waals surface area (Å²) in [5, 5.41) is 9.19. The van der Waals surface area contributed by atoms with Crippen LogP contribution in [0.5, 0.6) is 0 Å². The Bertz CT molecular complexity index is 759. The summed E-state index contributed by atoms with van der Waals surface area (Å²) in [6.45, 7) is 14.4. The molecule has 0 spiro atoms. The summed E-state index contributed by atoms with van der Waals surface area (Å²) >= 11 is 0. The molecular weight excluding hydrogens is 376 g/mol. The molecule has 2 amide bonds. The molecule has 2 unspecified atom stereocenters. The van der Waals surface area contributed by atoms with Crippen molar-refractivity contribution in [1.29, 1.82) is 0 Å². The fraction of sp³-hybridized carbons (Fsp3) is 0.458. The molecule has 2 fully saturated rings. The molecule has 0 aromatic heterocycles. The Morgan fingerprint density at radius 2 is 1.87 bits per heavy atom. The van der Waals surface area contributed by atoms with Crippen molar-refractivity contribution in [3.8, 4) is 0 Å². The maximum atomic E-state index is 12.9. The van der Waals surface area contributed by atoms with Crippen LogP contribution >= 0.6 is 0 Å². The fourth-order valence-electron chi connectivity index (χ4n) is 4.09. The summed E-state index contributed by atoms with van der Waals surface area (Å²) in [7, 11) is 0. The molecule has 3 N–H and O–H groups in total. The van der Waals surface area contributed by atoms with Crippen molar-refractivity contribution >= 4 is 18.5 Å². The highest BCUT2D eigenvalue weighted by Gasteiger charge is 2.42. The van der Waals surface area contributed by atoms with E-state index in [1.807, 2.05) is 19.1 Å². The van der Waals surface area contributed by atoms with Crippen molar-refractivity contribution in [3.05, 3.63) is 60.9 Å². The van der Waals surface area contributed by atoms with Crippen molar-refractivity contribution in [2.75, 3.05) is 19.6 Å². The van der Waals surface area contributed by atoms with Crippen molar-refractivity contribution in [2.45, 2.75) is 38.1 Å². The monoisotopic (exact) mass is 410 g/mol. The Morgan fingerprint density at radius 1 is 1.17 bits per heavy atom. The van der Waals surface area contributed by atoms with Gasteiger partial charge in [0, 0.05) is 19.0 Å². The number of aliphatic imine (C=N–C) groups is 1. The van der Waals surface area contributed by atoms with Crippen LogP contribution in [0.2, 0.25) is 0 Å². The van der Waals surface area contributed by atoms with Gasteiger partial charge >= 0.3 is 0 Å². The van der Waals surface area contributed by atoms with E-state index < -0.39 is 5.54 Å². The van der Waals surface area contributed by atoms with E-state index in [0.29, 0.717) is 31.2 Å². The number of hydrogen-bond acceptors (Lipinski definition) is 4. The quantitative estimate of drug-likeness (QED) is 0.362. The molecule has 30 heavy (non-hydrogen) atoms. The van der Waals surface area contributed by atoms with E-state index in [1.165, 1.54) is 5.57 Å². The van der Waals surface area contributed by atoms with Crippen LogP contribution in [0.4, 0.5) is 0 Å². The van der Waals surface area contributed by atoms with Gasteiger partial charge in [0.15, 0.2) is 0 Å². The van der Waals surface area contributed by atoms with Gasteiger partial charge in [-0.25, -0.2) is 0 Å². The minimum atomic E-state index is -0.522. The molecule has 1 aliphatic heterocycles. The van der Waals surface area contributed by atoms with Gasteiger partial charge in [-0.05, 0) is 50.5 Å². The van der Waals surface area contributed by atoms with Crippen LogP contribution in [-0.4, -0.2) is 43.7 Å². The summed E-state index contributed by atoms with van der Waals surface area (Å²) < 4.78 is 0. The SMILES string of the molecule is C=C/C=C(/CNC(=O)CC1(NC(=O)C2CCC(C(/C=C\C)=C/C=C)C2)CNC1)N=C. The second kappa shape index (κ2) is 11.5. The standard InChI is InChI=1S/C24H34N4O2/c1-5-8-18(9-6-2)19-11-12-20(13-19)23(30)28-24(16-26-17-24)14-22(29)27-15-21(25-4)10-7-3/h5-10,19-20,26H,1,3-4,11-17H2,2H3,(H,27,29)(H,28,30)/b9-6-,18-8+,21-10-. The Labute approximate surface area is 180 Å². The third-order valence-electron chi connectivity index (χ3n) is 5.74.